The van der Waals surface area contributed by atoms with Crippen molar-refractivity contribution < 1.29 is 4.39 Å². The van der Waals surface area contributed by atoms with E-state index >= 15 is 0 Å². The number of aromatic nitrogens is 2. The lowest BCUT2D eigenvalue weighted by Crippen LogP contribution is -2.03. The highest BCUT2D eigenvalue weighted by Crippen LogP contribution is 2.25. The molecule has 1 aromatic carbocycles. The zero-order valence-electron chi connectivity index (χ0n) is 8.72. The fraction of sp³-hybridized carbons (Fsp3) is 0.182. The molecule has 3 nitrogen and oxygen atoms in total. The Hall–Kier alpha value is -1.55. The monoisotopic (exact) mass is 239 g/mol. The van der Waals surface area contributed by atoms with Crippen molar-refractivity contribution in [2.45, 2.75) is 13.5 Å². The van der Waals surface area contributed by atoms with Crippen LogP contribution < -0.4 is 5.32 Å². The molecule has 5 heteroatoms. The number of nitrogens with one attached hydrogen (secondary N) is 2. The third kappa shape index (κ3) is 2.17. The minimum atomic E-state index is -0.360. The van der Waals surface area contributed by atoms with Gasteiger partial charge in [-0.1, -0.05) is 17.7 Å². The molecule has 0 fully saturated rings. The summed E-state index contributed by atoms with van der Waals surface area (Å²) in [5, 5.41) is 3.30. The Morgan fingerprint density at radius 3 is 2.94 bits per heavy atom. The number of hydrogen-bond acceptors (Lipinski definition) is 2. The Labute approximate surface area is 97.7 Å². The maximum atomic E-state index is 13.4. The molecule has 2 rings (SSSR count). The normalized spacial score (nSPS) is 10.4. The molecule has 84 valence electrons. The SMILES string of the molecule is Cc1[nH]cnc1CNc1c(F)cccc1Cl. The fourth-order valence-electron chi connectivity index (χ4n) is 1.40. The number of benzene rings is 1. The van der Waals surface area contributed by atoms with Crippen molar-refractivity contribution in [1.29, 1.82) is 0 Å². The van der Waals surface area contributed by atoms with Gasteiger partial charge >= 0.3 is 0 Å². The van der Waals surface area contributed by atoms with Crippen LogP contribution in [0.2, 0.25) is 5.02 Å². The second-order valence-corrected chi connectivity index (χ2v) is 3.83. The number of halogens is 2. The summed E-state index contributed by atoms with van der Waals surface area (Å²) >= 11 is 5.88. The van der Waals surface area contributed by atoms with E-state index < -0.39 is 0 Å². The topological polar surface area (TPSA) is 40.7 Å². The summed E-state index contributed by atoms with van der Waals surface area (Å²) in [4.78, 5) is 7.06. The van der Waals surface area contributed by atoms with Crippen LogP contribution in [0.25, 0.3) is 0 Å². The molecule has 1 aromatic heterocycles. The van der Waals surface area contributed by atoms with E-state index in [1.807, 2.05) is 6.92 Å². The van der Waals surface area contributed by atoms with Crippen molar-refractivity contribution in [1.82, 2.24) is 9.97 Å². The lowest BCUT2D eigenvalue weighted by molar-refractivity contribution is 0.630. The van der Waals surface area contributed by atoms with Crippen molar-refractivity contribution in [2.24, 2.45) is 0 Å². The molecule has 0 atom stereocenters. The van der Waals surface area contributed by atoms with Crippen molar-refractivity contribution >= 4 is 17.3 Å². The molecule has 0 amide bonds. The molecule has 0 aliphatic carbocycles. The Morgan fingerprint density at radius 2 is 2.31 bits per heavy atom. The average Bonchev–Trinajstić information content (AvgIpc) is 2.64. The Kier molecular flexibility index (Phi) is 3.10. The number of aryl methyl sites for hydroxylation is 1. The molecular formula is C11H11ClFN3. The van der Waals surface area contributed by atoms with E-state index in [0.717, 1.165) is 11.4 Å². The van der Waals surface area contributed by atoms with E-state index in [4.69, 9.17) is 11.6 Å². The van der Waals surface area contributed by atoms with Gasteiger partial charge in [0.1, 0.15) is 5.82 Å². The molecule has 2 aromatic rings. The number of anilines is 1. The molecule has 0 saturated carbocycles. The molecule has 0 aliphatic rings. The first-order valence-electron chi connectivity index (χ1n) is 4.85. The minimum absolute atomic E-state index is 0.312. The summed E-state index contributed by atoms with van der Waals surface area (Å²) in [6, 6.07) is 4.58. The molecule has 0 unspecified atom stereocenters. The van der Waals surface area contributed by atoms with Gasteiger partial charge < -0.3 is 10.3 Å². The lowest BCUT2D eigenvalue weighted by atomic mass is 10.3. The van der Waals surface area contributed by atoms with Gasteiger partial charge in [-0.3, -0.25) is 0 Å². The van der Waals surface area contributed by atoms with Crippen LogP contribution in [0.4, 0.5) is 10.1 Å². The van der Waals surface area contributed by atoms with Crippen molar-refractivity contribution in [3.05, 3.63) is 46.8 Å². The zero-order chi connectivity index (χ0) is 11.5. The van der Waals surface area contributed by atoms with E-state index in [9.17, 15) is 4.39 Å². The smallest absolute Gasteiger partial charge is 0.147 e. The Balaban J connectivity index is 2.14. The highest BCUT2D eigenvalue weighted by molar-refractivity contribution is 6.33. The first-order chi connectivity index (χ1) is 7.68. The number of para-hydroxylation sites is 1. The zero-order valence-corrected chi connectivity index (χ0v) is 9.48. The Morgan fingerprint density at radius 1 is 1.50 bits per heavy atom. The second-order valence-electron chi connectivity index (χ2n) is 3.42. The third-order valence-electron chi connectivity index (χ3n) is 2.33. The molecule has 0 saturated heterocycles. The van der Waals surface area contributed by atoms with Crippen LogP contribution in [0.15, 0.2) is 24.5 Å². The molecule has 16 heavy (non-hydrogen) atoms. The second kappa shape index (κ2) is 4.53. The summed E-state index contributed by atoms with van der Waals surface area (Å²) in [5.41, 5.74) is 2.12. The van der Waals surface area contributed by atoms with Crippen LogP contribution in [-0.2, 0) is 6.54 Å². The van der Waals surface area contributed by atoms with Gasteiger partial charge in [0.25, 0.3) is 0 Å². The van der Waals surface area contributed by atoms with Crippen molar-refractivity contribution in [3.63, 3.8) is 0 Å². The van der Waals surface area contributed by atoms with Gasteiger partial charge in [0.15, 0.2) is 0 Å². The van der Waals surface area contributed by atoms with E-state index in [-0.39, 0.29) is 5.82 Å². The standard InChI is InChI=1S/C11H11ClFN3/c1-7-10(16-6-15-7)5-14-11-8(12)3-2-4-9(11)13/h2-4,6,14H,5H2,1H3,(H,15,16). The predicted octanol–water partition coefficient (Wildman–Crippen LogP) is 3.12. The molecular weight excluding hydrogens is 229 g/mol. The van der Waals surface area contributed by atoms with Crippen LogP contribution in [0, 0.1) is 12.7 Å². The minimum Gasteiger partial charge on any atom is -0.376 e. The Bertz CT molecular complexity index is 475. The molecule has 0 spiro atoms. The first kappa shape index (κ1) is 11.0. The van der Waals surface area contributed by atoms with Crippen LogP contribution in [-0.4, -0.2) is 9.97 Å². The average molecular weight is 240 g/mol. The number of H-pyrrole nitrogens is 1. The van der Waals surface area contributed by atoms with Crippen LogP contribution >= 0.6 is 11.6 Å². The third-order valence-corrected chi connectivity index (χ3v) is 2.64. The maximum absolute atomic E-state index is 13.4. The van der Waals surface area contributed by atoms with E-state index in [1.165, 1.54) is 6.07 Å². The largest absolute Gasteiger partial charge is 0.376 e. The summed E-state index contributed by atoms with van der Waals surface area (Å²) < 4.78 is 13.4. The van der Waals surface area contributed by atoms with Gasteiger partial charge in [-0.15, -0.1) is 0 Å². The van der Waals surface area contributed by atoms with Gasteiger partial charge in [0.05, 0.1) is 29.3 Å². The van der Waals surface area contributed by atoms with Gasteiger partial charge in [-0.2, -0.15) is 0 Å². The van der Waals surface area contributed by atoms with E-state index in [2.05, 4.69) is 15.3 Å². The number of hydrogen-bond donors (Lipinski definition) is 2. The summed E-state index contributed by atoms with van der Waals surface area (Å²) in [7, 11) is 0. The molecule has 0 radical (unpaired) electrons. The van der Waals surface area contributed by atoms with Gasteiger partial charge in [-0.25, -0.2) is 9.37 Å². The molecule has 0 bridgehead atoms. The molecule has 0 aliphatic heterocycles. The fourth-order valence-corrected chi connectivity index (χ4v) is 1.63. The van der Waals surface area contributed by atoms with Crippen LogP contribution in [0.5, 0.6) is 0 Å². The summed E-state index contributed by atoms with van der Waals surface area (Å²) in [5.74, 6) is -0.360. The van der Waals surface area contributed by atoms with Gasteiger partial charge in [0.2, 0.25) is 0 Å². The first-order valence-corrected chi connectivity index (χ1v) is 5.23. The highest BCUT2D eigenvalue weighted by atomic mass is 35.5. The van der Waals surface area contributed by atoms with E-state index in [0.29, 0.717) is 17.3 Å². The van der Waals surface area contributed by atoms with Crippen LogP contribution in [0.1, 0.15) is 11.4 Å². The van der Waals surface area contributed by atoms with Crippen molar-refractivity contribution in [2.75, 3.05) is 5.32 Å². The predicted molar refractivity (Wildman–Crippen MR) is 62.1 cm³/mol. The lowest BCUT2D eigenvalue weighted by Gasteiger charge is -2.08. The number of imidazole rings is 1. The molecule has 2 N–H and O–H groups in total. The number of aromatic amines is 1. The number of nitrogens with zero attached hydrogens (tertiary/aromatic N) is 1. The summed E-state index contributed by atoms with van der Waals surface area (Å²) in [6.07, 6.45) is 1.61. The maximum Gasteiger partial charge on any atom is 0.147 e. The summed E-state index contributed by atoms with van der Waals surface area (Å²) in [6.45, 7) is 2.35. The van der Waals surface area contributed by atoms with Gasteiger partial charge in [-0.05, 0) is 19.1 Å². The van der Waals surface area contributed by atoms with Crippen molar-refractivity contribution in [3.8, 4) is 0 Å². The number of rotatable bonds is 3. The highest BCUT2D eigenvalue weighted by Gasteiger charge is 2.07. The molecule has 1 heterocycles. The van der Waals surface area contributed by atoms with Crippen LogP contribution in [0.3, 0.4) is 0 Å². The quantitative estimate of drug-likeness (QED) is 0.864. The van der Waals surface area contributed by atoms with Gasteiger partial charge in [0, 0.05) is 5.69 Å². The van der Waals surface area contributed by atoms with E-state index in [1.54, 1.807) is 18.5 Å².